The van der Waals surface area contributed by atoms with Gasteiger partial charge in [0.25, 0.3) is 0 Å². The number of nitrogens with zero attached hydrogens (tertiary/aromatic N) is 3. The second kappa shape index (κ2) is 9.03. The summed E-state index contributed by atoms with van der Waals surface area (Å²) in [6.45, 7) is 5.01. The molecular formula is C22H28N4O2S. The van der Waals surface area contributed by atoms with Gasteiger partial charge in [-0.1, -0.05) is 50.6 Å². The zero-order valence-electron chi connectivity index (χ0n) is 17.1. The van der Waals surface area contributed by atoms with Crippen molar-refractivity contribution in [2.75, 3.05) is 17.7 Å². The number of ether oxygens (including phenoxy) is 1. The highest BCUT2D eigenvalue weighted by molar-refractivity contribution is 7.99. The predicted molar refractivity (Wildman–Crippen MR) is 116 cm³/mol. The fraction of sp³-hybridized carbons (Fsp3) is 0.500. The van der Waals surface area contributed by atoms with E-state index in [0.29, 0.717) is 6.42 Å². The van der Waals surface area contributed by atoms with E-state index >= 15 is 0 Å². The normalized spacial score (nSPS) is 18.3. The first-order chi connectivity index (χ1) is 14.2. The average molecular weight is 413 g/mol. The Bertz CT molecular complexity index is 904. The molecule has 0 saturated heterocycles. The molecule has 6 nitrogen and oxygen atoms in total. The third-order valence-electron chi connectivity index (χ3n) is 5.33. The fourth-order valence-electron chi connectivity index (χ4n) is 3.92. The topological polar surface area (TPSA) is 69.0 Å². The minimum Gasteiger partial charge on any atom is -0.494 e. The van der Waals surface area contributed by atoms with Crippen LogP contribution in [0.15, 0.2) is 40.7 Å². The molecule has 1 aliphatic carbocycles. The van der Waals surface area contributed by atoms with Crippen molar-refractivity contribution in [3.63, 3.8) is 0 Å². The van der Waals surface area contributed by atoms with E-state index in [2.05, 4.69) is 36.3 Å². The number of carbonyl (C=O) groups excluding carboxylic acids is 1. The molecule has 1 N–H and O–H groups in total. The molecule has 4 rings (SSSR count). The molecule has 1 aliphatic heterocycles. The standard InChI is InChI=1S/C22H28N4O2S/c1-3-5-6-14-28-16-12-10-15(11-13-16)20-19-17(8-7-9-18(19)27)23-21-24-22(29-4-2)25-26(20)21/h10-13,20H,3-9,14H2,1-2H3,(H,23,24,25). The number of Topliss-reactive ketones (excluding diaryl/α,β-unsaturated/α-hetero) is 1. The zero-order chi connectivity index (χ0) is 20.2. The third kappa shape index (κ3) is 4.20. The van der Waals surface area contributed by atoms with Crippen molar-refractivity contribution < 1.29 is 9.53 Å². The number of allylic oxidation sites excluding steroid dienone is 2. The molecule has 2 heterocycles. The SMILES string of the molecule is CCCCCOc1ccc(C2C3=C(CCCC3=O)Nc3nc(SCC)nn32)cc1. The summed E-state index contributed by atoms with van der Waals surface area (Å²) in [5, 5.41) is 8.81. The Morgan fingerprint density at radius 2 is 2.03 bits per heavy atom. The maximum atomic E-state index is 12.8. The van der Waals surface area contributed by atoms with Crippen LogP contribution in [0.25, 0.3) is 0 Å². The molecule has 1 atom stereocenters. The van der Waals surface area contributed by atoms with Gasteiger partial charge < -0.3 is 10.1 Å². The molecule has 29 heavy (non-hydrogen) atoms. The van der Waals surface area contributed by atoms with Gasteiger partial charge in [-0.15, -0.1) is 5.10 Å². The lowest BCUT2D eigenvalue weighted by Crippen LogP contribution is -2.31. The molecule has 1 aromatic heterocycles. The second-order valence-corrected chi connectivity index (χ2v) is 8.65. The summed E-state index contributed by atoms with van der Waals surface area (Å²) in [6.07, 6.45) is 5.78. The van der Waals surface area contributed by atoms with E-state index in [4.69, 9.17) is 9.84 Å². The average Bonchev–Trinajstić information content (AvgIpc) is 3.13. The van der Waals surface area contributed by atoms with E-state index in [9.17, 15) is 4.79 Å². The third-order valence-corrected chi connectivity index (χ3v) is 6.05. The van der Waals surface area contributed by atoms with Crippen LogP contribution in [0.5, 0.6) is 5.75 Å². The summed E-state index contributed by atoms with van der Waals surface area (Å²) in [5.41, 5.74) is 2.87. The molecule has 1 unspecified atom stereocenters. The van der Waals surface area contributed by atoms with E-state index in [-0.39, 0.29) is 11.8 Å². The van der Waals surface area contributed by atoms with Gasteiger partial charge in [0, 0.05) is 17.7 Å². The Labute approximate surface area is 176 Å². The van der Waals surface area contributed by atoms with Gasteiger partial charge in [0.15, 0.2) is 5.78 Å². The lowest BCUT2D eigenvalue weighted by atomic mass is 9.85. The first-order valence-electron chi connectivity index (χ1n) is 10.6. The number of rotatable bonds is 8. The van der Waals surface area contributed by atoms with Crippen molar-refractivity contribution in [1.82, 2.24) is 14.8 Å². The van der Waals surface area contributed by atoms with Crippen LogP contribution in [0.1, 0.15) is 64.0 Å². The van der Waals surface area contributed by atoms with Gasteiger partial charge in [-0.25, -0.2) is 4.68 Å². The van der Waals surface area contributed by atoms with Crippen molar-refractivity contribution in [3.05, 3.63) is 41.1 Å². The molecule has 0 fully saturated rings. The molecule has 154 valence electrons. The van der Waals surface area contributed by atoms with Gasteiger partial charge in [-0.05, 0) is 42.7 Å². The van der Waals surface area contributed by atoms with Crippen LogP contribution in [0.2, 0.25) is 0 Å². The molecule has 7 heteroatoms. The van der Waals surface area contributed by atoms with Gasteiger partial charge in [0.1, 0.15) is 11.8 Å². The quantitative estimate of drug-likeness (QED) is 0.487. The maximum Gasteiger partial charge on any atom is 0.227 e. The number of benzene rings is 1. The van der Waals surface area contributed by atoms with Crippen LogP contribution in [0.3, 0.4) is 0 Å². The Balaban J connectivity index is 1.64. The Kier molecular flexibility index (Phi) is 6.23. The van der Waals surface area contributed by atoms with Gasteiger partial charge in [-0.3, -0.25) is 4.79 Å². The maximum absolute atomic E-state index is 12.8. The number of ketones is 1. The van der Waals surface area contributed by atoms with Crippen molar-refractivity contribution in [2.45, 2.75) is 63.6 Å². The number of hydrogen-bond acceptors (Lipinski definition) is 6. The monoisotopic (exact) mass is 412 g/mol. The predicted octanol–water partition coefficient (Wildman–Crippen LogP) is 4.98. The number of thioether (sulfide) groups is 1. The lowest BCUT2D eigenvalue weighted by molar-refractivity contribution is -0.116. The highest BCUT2D eigenvalue weighted by atomic mass is 32.2. The minimum atomic E-state index is -0.234. The second-order valence-electron chi connectivity index (χ2n) is 7.42. The Morgan fingerprint density at radius 1 is 1.21 bits per heavy atom. The molecule has 1 aromatic carbocycles. The number of fused-ring (bicyclic) bond motifs is 1. The fourth-order valence-corrected chi connectivity index (χ4v) is 4.48. The van der Waals surface area contributed by atoms with E-state index in [0.717, 1.165) is 65.3 Å². The van der Waals surface area contributed by atoms with Crippen LogP contribution >= 0.6 is 11.8 Å². The molecule has 0 saturated carbocycles. The highest BCUT2D eigenvalue weighted by Crippen LogP contribution is 2.40. The van der Waals surface area contributed by atoms with Crippen LogP contribution in [0, 0.1) is 0 Å². The van der Waals surface area contributed by atoms with Crippen molar-refractivity contribution in [2.24, 2.45) is 0 Å². The number of unbranched alkanes of at least 4 members (excludes halogenated alkanes) is 2. The molecule has 2 aromatic rings. The highest BCUT2D eigenvalue weighted by Gasteiger charge is 2.36. The Hall–Kier alpha value is -2.28. The van der Waals surface area contributed by atoms with E-state index in [1.807, 2.05) is 16.8 Å². The first kappa shape index (κ1) is 20.0. The van der Waals surface area contributed by atoms with Crippen LogP contribution in [0.4, 0.5) is 5.95 Å². The van der Waals surface area contributed by atoms with Gasteiger partial charge in [-0.2, -0.15) is 4.98 Å². The van der Waals surface area contributed by atoms with Crippen molar-refractivity contribution in [1.29, 1.82) is 0 Å². The van der Waals surface area contributed by atoms with Gasteiger partial charge in [0.2, 0.25) is 11.1 Å². The summed E-state index contributed by atoms with van der Waals surface area (Å²) in [4.78, 5) is 17.5. The van der Waals surface area contributed by atoms with Crippen molar-refractivity contribution in [3.8, 4) is 5.75 Å². The summed E-state index contributed by atoms with van der Waals surface area (Å²) < 4.78 is 7.73. The molecule has 0 radical (unpaired) electrons. The van der Waals surface area contributed by atoms with Crippen molar-refractivity contribution >= 4 is 23.5 Å². The first-order valence-corrected chi connectivity index (χ1v) is 11.5. The minimum absolute atomic E-state index is 0.203. The van der Waals surface area contributed by atoms with E-state index in [1.165, 1.54) is 12.8 Å². The lowest BCUT2D eigenvalue weighted by Gasteiger charge is -2.32. The summed E-state index contributed by atoms with van der Waals surface area (Å²) >= 11 is 1.61. The number of anilines is 1. The van der Waals surface area contributed by atoms with Crippen LogP contribution < -0.4 is 10.1 Å². The van der Waals surface area contributed by atoms with E-state index < -0.39 is 0 Å². The smallest absolute Gasteiger partial charge is 0.227 e. The Morgan fingerprint density at radius 3 is 2.79 bits per heavy atom. The summed E-state index contributed by atoms with van der Waals surface area (Å²) in [6, 6.07) is 7.86. The zero-order valence-corrected chi connectivity index (χ0v) is 17.9. The molecule has 0 spiro atoms. The number of aromatic nitrogens is 3. The number of carbonyl (C=O) groups is 1. The van der Waals surface area contributed by atoms with Gasteiger partial charge in [0.05, 0.1) is 6.61 Å². The number of hydrogen-bond donors (Lipinski definition) is 1. The van der Waals surface area contributed by atoms with Crippen LogP contribution in [-0.2, 0) is 4.79 Å². The largest absolute Gasteiger partial charge is 0.494 e. The molecule has 2 aliphatic rings. The van der Waals surface area contributed by atoms with Crippen LogP contribution in [-0.4, -0.2) is 32.9 Å². The summed E-state index contributed by atoms with van der Waals surface area (Å²) in [7, 11) is 0. The number of nitrogens with one attached hydrogen (secondary N) is 1. The summed E-state index contributed by atoms with van der Waals surface area (Å²) in [5.74, 6) is 2.70. The van der Waals surface area contributed by atoms with Gasteiger partial charge >= 0.3 is 0 Å². The molecular weight excluding hydrogens is 384 g/mol. The molecule has 0 bridgehead atoms. The van der Waals surface area contributed by atoms with E-state index in [1.54, 1.807) is 11.8 Å². The molecule has 0 amide bonds.